The first-order chi connectivity index (χ1) is 14.6. The number of nitrogens with zero attached hydrogens (tertiary/aromatic N) is 1. The molecular weight excluding hydrogens is 395 g/mol. The molecule has 1 N–H and O–H groups in total. The number of ether oxygens (including phenoxy) is 1. The molecule has 168 valence electrons. The van der Waals surface area contributed by atoms with Crippen LogP contribution in [0.1, 0.15) is 49.4 Å². The van der Waals surface area contributed by atoms with Crippen molar-refractivity contribution < 1.29 is 18.7 Å². The third-order valence-corrected chi connectivity index (χ3v) is 5.55. The lowest BCUT2D eigenvalue weighted by Gasteiger charge is -2.29. The predicted octanol–water partition coefficient (Wildman–Crippen LogP) is 4.46. The largest absolute Gasteiger partial charge is 0.483 e. The molecule has 0 fully saturated rings. The topological polar surface area (TPSA) is 58.6 Å². The molecule has 2 amide bonds. The number of hydrogen-bond donors (Lipinski definition) is 1. The highest BCUT2D eigenvalue weighted by molar-refractivity contribution is 5.88. The molecule has 0 heterocycles. The van der Waals surface area contributed by atoms with E-state index in [4.69, 9.17) is 4.74 Å². The fourth-order valence-electron chi connectivity index (χ4n) is 3.21. The second-order valence-electron chi connectivity index (χ2n) is 8.14. The minimum Gasteiger partial charge on any atom is -0.483 e. The van der Waals surface area contributed by atoms with E-state index in [0.29, 0.717) is 5.75 Å². The highest BCUT2D eigenvalue weighted by atomic mass is 19.1. The molecule has 2 aromatic rings. The first kappa shape index (κ1) is 24.4. The van der Waals surface area contributed by atoms with Crippen molar-refractivity contribution in [1.29, 1.82) is 0 Å². The quantitative estimate of drug-likeness (QED) is 0.641. The molecule has 0 aromatic heterocycles. The third kappa shape index (κ3) is 6.81. The number of carbonyl (C=O) groups excluding carboxylic acids is 2. The Bertz CT molecular complexity index is 912. The van der Waals surface area contributed by atoms with Gasteiger partial charge in [-0.2, -0.15) is 0 Å². The van der Waals surface area contributed by atoms with Crippen LogP contribution in [0.25, 0.3) is 0 Å². The van der Waals surface area contributed by atoms with Gasteiger partial charge in [0.25, 0.3) is 5.91 Å². The summed E-state index contributed by atoms with van der Waals surface area (Å²) in [6.07, 6.45) is 0.791. The molecule has 0 bridgehead atoms. The summed E-state index contributed by atoms with van der Waals surface area (Å²) >= 11 is 0. The summed E-state index contributed by atoms with van der Waals surface area (Å²) in [6.45, 7) is 11.5. The standard InChI is InChI=1S/C25H33FN2O3/c1-7-18(4)27-25(30)20(6)28(14-21-8-10-22(26)11-9-21)24(29)15-31-23-13-16(2)12-17(3)19(23)5/h8-13,18,20H,7,14-15H2,1-6H3,(H,27,30)/t18-,20+/m0/s1. The number of benzene rings is 2. The van der Waals surface area contributed by atoms with Crippen molar-refractivity contribution in [2.24, 2.45) is 0 Å². The zero-order chi connectivity index (χ0) is 23.1. The van der Waals surface area contributed by atoms with E-state index in [1.807, 2.05) is 40.7 Å². The van der Waals surface area contributed by atoms with Crippen LogP contribution in [0.15, 0.2) is 36.4 Å². The van der Waals surface area contributed by atoms with Gasteiger partial charge in [-0.15, -0.1) is 0 Å². The Hall–Kier alpha value is -2.89. The van der Waals surface area contributed by atoms with Crippen LogP contribution < -0.4 is 10.1 Å². The molecule has 0 aliphatic heterocycles. The highest BCUT2D eigenvalue weighted by Gasteiger charge is 2.27. The molecule has 0 unspecified atom stereocenters. The summed E-state index contributed by atoms with van der Waals surface area (Å²) in [7, 11) is 0. The van der Waals surface area contributed by atoms with Crippen molar-refractivity contribution in [3.63, 3.8) is 0 Å². The summed E-state index contributed by atoms with van der Waals surface area (Å²) in [6, 6.07) is 9.19. The van der Waals surface area contributed by atoms with Crippen LogP contribution in [0.5, 0.6) is 5.75 Å². The van der Waals surface area contributed by atoms with Crippen LogP contribution in [-0.2, 0) is 16.1 Å². The molecule has 2 rings (SSSR count). The number of nitrogens with one attached hydrogen (secondary N) is 1. The van der Waals surface area contributed by atoms with Gasteiger partial charge < -0.3 is 15.0 Å². The van der Waals surface area contributed by atoms with Gasteiger partial charge in [0.2, 0.25) is 5.91 Å². The van der Waals surface area contributed by atoms with Crippen molar-refractivity contribution >= 4 is 11.8 Å². The smallest absolute Gasteiger partial charge is 0.261 e. The zero-order valence-corrected chi connectivity index (χ0v) is 19.3. The van der Waals surface area contributed by atoms with Crippen LogP contribution in [0.4, 0.5) is 4.39 Å². The fourth-order valence-corrected chi connectivity index (χ4v) is 3.21. The van der Waals surface area contributed by atoms with E-state index in [1.165, 1.54) is 17.0 Å². The number of aryl methyl sites for hydroxylation is 2. The van der Waals surface area contributed by atoms with E-state index in [9.17, 15) is 14.0 Å². The average Bonchev–Trinajstić information content (AvgIpc) is 2.73. The van der Waals surface area contributed by atoms with Gasteiger partial charge in [-0.3, -0.25) is 9.59 Å². The number of hydrogen-bond acceptors (Lipinski definition) is 3. The number of amides is 2. The monoisotopic (exact) mass is 428 g/mol. The Balaban J connectivity index is 2.20. The first-order valence-electron chi connectivity index (χ1n) is 10.7. The molecule has 0 aliphatic carbocycles. The van der Waals surface area contributed by atoms with Crippen molar-refractivity contribution in [3.8, 4) is 5.75 Å². The van der Waals surface area contributed by atoms with Gasteiger partial charge in [-0.05, 0) is 81.5 Å². The molecule has 6 heteroatoms. The Labute approximate surface area is 184 Å². The lowest BCUT2D eigenvalue weighted by atomic mass is 10.1. The van der Waals surface area contributed by atoms with Crippen LogP contribution in [-0.4, -0.2) is 35.4 Å². The van der Waals surface area contributed by atoms with Gasteiger partial charge in [-0.1, -0.05) is 25.1 Å². The van der Waals surface area contributed by atoms with E-state index in [0.717, 1.165) is 28.7 Å². The Morgan fingerprint density at radius 2 is 1.74 bits per heavy atom. The highest BCUT2D eigenvalue weighted by Crippen LogP contribution is 2.23. The minimum atomic E-state index is -0.699. The number of halogens is 1. The lowest BCUT2D eigenvalue weighted by Crippen LogP contribution is -2.50. The van der Waals surface area contributed by atoms with E-state index in [1.54, 1.807) is 19.1 Å². The zero-order valence-electron chi connectivity index (χ0n) is 19.3. The van der Waals surface area contributed by atoms with Crippen LogP contribution >= 0.6 is 0 Å². The van der Waals surface area contributed by atoms with E-state index in [-0.39, 0.29) is 36.8 Å². The molecule has 2 aromatic carbocycles. The van der Waals surface area contributed by atoms with Crippen molar-refractivity contribution in [2.75, 3.05) is 6.61 Å². The van der Waals surface area contributed by atoms with E-state index < -0.39 is 6.04 Å². The van der Waals surface area contributed by atoms with Crippen molar-refractivity contribution in [1.82, 2.24) is 10.2 Å². The van der Waals surface area contributed by atoms with Crippen molar-refractivity contribution in [2.45, 2.75) is 66.6 Å². The SMILES string of the molecule is CC[C@H](C)NC(=O)[C@@H](C)N(Cc1ccc(F)cc1)C(=O)COc1cc(C)cc(C)c1C. The summed E-state index contributed by atoms with van der Waals surface area (Å²) in [4.78, 5) is 27.3. The summed E-state index contributed by atoms with van der Waals surface area (Å²) in [5, 5.41) is 2.92. The predicted molar refractivity (Wildman–Crippen MR) is 120 cm³/mol. The molecule has 0 radical (unpaired) electrons. The van der Waals surface area contributed by atoms with Gasteiger partial charge in [0.1, 0.15) is 17.6 Å². The summed E-state index contributed by atoms with van der Waals surface area (Å²) in [5.41, 5.74) is 3.86. The van der Waals surface area contributed by atoms with Gasteiger partial charge in [-0.25, -0.2) is 4.39 Å². The van der Waals surface area contributed by atoms with Gasteiger partial charge >= 0.3 is 0 Å². The second kappa shape index (κ2) is 10.9. The third-order valence-electron chi connectivity index (χ3n) is 5.55. The first-order valence-corrected chi connectivity index (χ1v) is 10.7. The molecule has 2 atom stereocenters. The second-order valence-corrected chi connectivity index (χ2v) is 8.14. The van der Waals surface area contributed by atoms with Crippen LogP contribution in [0.3, 0.4) is 0 Å². The molecule has 0 spiro atoms. The molecular formula is C25H33FN2O3. The van der Waals surface area contributed by atoms with Gasteiger partial charge in [0.05, 0.1) is 0 Å². The minimum absolute atomic E-state index is 0.00638. The molecule has 0 saturated heterocycles. The van der Waals surface area contributed by atoms with E-state index >= 15 is 0 Å². The normalized spacial score (nSPS) is 12.7. The van der Waals surface area contributed by atoms with Crippen molar-refractivity contribution in [3.05, 3.63) is 64.5 Å². The van der Waals surface area contributed by atoms with Crippen LogP contribution in [0, 0.1) is 26.6 Å². The number of rotatable bonds is 9. The number of carbonyl (C=O) groups is 2. The Kier molecular flexibility index (Phi) is 8.60. The fraction of sp³-hybridized carbons (Fsp3) is 0.440. The van der Waals surface area contributed by atoms with Gasteiger partial charge in [0, 0.05) is 12.6 Å². The summed E-state index contributed by atoms with van der Waals surface area (Å²) in [5.74, 6) is -0.232. The molecule has 5 nitrogen and oxygen atoms in total. The Morgan fingerprint density at radius 1 is 1.10 bits per heavy atom. The van der Waals surface area contributed by atoms with E-state index in [2.05, 4.69) is 11.4 Å². The molecule has 31 heavy (non-hydrogen) atoms. The molecule has 0 saturated carbocycles. The summed E-state index contributed by atoms with van der Waals surface area (Å²) < 4.78 is 19.1. The average molecular weight is 429 g/mol. The lowest BCUT2D eigenvalue weighted by molar-refractivity contribution is -0.142. The maximum absolute atomic E-state index is 13.3. The maximum atomic E-state index is 13.3. The Morgan fingerprint density at radius 3 is 2.35 bits per heavy atom. The van der Waals surface area contributed by atoms with Gasteiger partial charge in [0.15, 0.2) is 6.61 Å². The van der Waals surface area contributed by atoms with Crippen LogP contribution in [0.2, 0.25) is 0 Å². The maximum Gasteiger partial charge on any atom is 0.261 e. The molecule has 0 aliphatic rings.